The van der Waals surface area contributed by atoms with E-state index in [0.29, 0.717) is 23.0 Å². The number of hydrogen-bond donors (Lipinski definition) is 0. The van der Waals surface area contributed by atoms with Crippen LogP contribution in [0.25, 0.3) is 56.4 Å². The van der Waals surface area contributed by atoms with Crippen molar-refractivity contribution in [2.75, 3.05) is 0 Å². The average molecular weight is 619 g/mol. The van der Waals surface area contributed by atoms with Gasteiger partial charge in [-0.3, -0.25) is 0 Å². The fraction of sp³-hybridized carbons (Fsp3) is 0.0698. The third-order valence-corrected chi connectivity index (χ3v) is 9.05. The van der Waals surface area contributed by atoms with E-state index in [2.05, 4.69) is 86.6 Å². The number of nitrogens with zero attached hydrogens (tertiary/aromatic N) is 4. The summed E-state index contributed by atoms with van der Waals surface area (Å²) in [7, 11) is 0. The van der Waals surface area contributed by atoms with Crippen LogP contribution in [0, 0.1) is 11.3 Å². The zero-order valence-electron chi connectivity index (χ0n) is 26.6. The first-order valence-electron chi connectivity index (χ1n) is 15.9. The maximum Gasteiger partial charge on any atom is 0.164 e. The van der Waals surface area contributed by atoms with E-state index >= 15 is 0 Å². The van der Waals surface area contributed by atoms with Crippen LogP contribution in [0.5, 0.6) is 11.5 Å². The molecule has 0 fully saturated rings. The van der Waals surface area contributed by atoms with Crippen LogP contribution in [0.4, 0.5) is 0 Å². The SMILES string of the molecule is CC1(C)c2ccc(-c3ccc(-c4nc(-c5ccccc5)nc(-c5ccccc5-c5ccccc5)n4)cc3)cc2Oc2ccc(C#N)cc21. The highest BCUT2D eigenvalue weighted by Gasteiger charge is 2.34. The van der Waals surface area contributed by atoms with Crippen molar-refractivity contribution in [1.82, 2.24) is 15.0 Å². The van der Waals surface area contributed by atoms with Gasteiger partial charge in [0.05, 0.1) is 11.6 Å². The number of rotatable bonds is 5. The Kier molecular flexibility index (Phi) is 7.12. The van der Waals surface area contributed by atoms with Gasteiger partial charge in [-0.25, -0.2) is 15.0 Å². The van der Waals surface area contributed by atoms with Crippen LogP contribution in [0.1, 0.15) is 30.5 Å². The Labute approximate surface area is 279 Å². The molecule has 5 nitrogen and oxygen atoms in total. The predicted molar refractivity (Wildman–Crippen MR) is 190 cm³/mol. The summed E-state index contributed by atoms with van der Waals surface area (Å²) in [6.07, 6.45) is 0. The van der Waals surface area contributed by atoms with Crippen LogP contribution < -0.4 is 4.74 Å². The lowest BCUT2D eigenvalue weighted by Gasteiger charge is -2.34. The standard InChI is InChI=1S/C43H30N4O/c1-43(2)36-23-22-33(26-39(36)48-38-24-17-28(27-44)25-37(38)43)29-18-20-32(21-19-29)41-45-40(31-13-7-4-8-14-31)46-42(47-41)35-16-10-9-15-34(35)30-11-5-3-6-12-30/h3-26H,1-2H3. The molecule has 8 rings (SSSR count). The highest BCUT2D eigenvalue weighted by molar-refractivity contribution is 5.82. The van der Waals surface area contributed by atoms with Gasteiger partial charge in [0.25, 0.3) is 0 Å². The molecule has 1 aliphatic heterocycles. The normalized spacial score (nSPS) is 12.7. The predicted octanol–water partition coefficient (Wildman–Crippen LogP) is 10.5. The van der Waals surface area contributed by atoms with Crippen molar-refractivity contribution < 1.29 is 4.74 Å². The van der Waals surface area contributed by atoms with E-state index < -0.39 is 0 Å². The second kappa shape index (κ2) is 11.8. The first-order chi connectivity index (χ1) is 23.5. The quantitative estimate of drug-likeness (QED) is 0.192. The molecule has 5 heteroatoms. The summed E-state index contributed by atoms with van der Waals surface area (Å²) in [6.45, 7) is 4.35. The molecular weight excluding hydrogens is 589 g/mol. The molecule has 0 amide bonds. The molecule has 0 N–H and O–H groups in total. The molecule has 0 aliphatic carbocycles. The van der Waals surface area contributed by atoms with Crippen LogP contribution in [0.2, 0.25) is 0 Å². The van der Waals surface area contributed by atoms with E-state index in [1.807, 2.05) is 72.8 Å². The number of benzene rings is 6. The van der Waals surface area contributed by atoms with Gasteiger partial charge in [-0.2, -0.15) is 5.26 Å². The molecule has 6 aromatic carbocycles. The van der Waals surface area contributed by atoms with Crippen LogP contribution in [0.3, 0.4) is 0 Å². The molecule has 1 aromatic heterocycles. The smallest absolute Gasteiger partial charge is 0.164 e. The van der Waals surface area contributed by atoms with Crippen molar-refractivity contribution in [3.63, 3.8) is 0 Å². The third kappa shape index (κ3) is 5.20. The van der Waals surface area contributed by atoms with Gasteiger partial charge in [0, 0.05) is 33.2 Å². The van der Waals surface area contributed by atoms with Gasteiger partial charge < -0.3 is 4.74 Å². The van der Waals surface area contributed by atoms with Gasteiger partial charge >= 0.3 is 0 Å². The number of hydrogen-bond acceptors (Lipinski definition) is 5. The maximum absolute atomic E-state index is 9.44. The zero-order valence-corrected chi connectivity index (χ0v) is 26.6. The minimum absolute atomic E-state index is 0.301. The molecule has 7 aromatic rings. The Balaban J connectivity index is 1.17. The molecule has 0 radical (unpaired) electrons. The maximum atomic E-state index is 9.44. The van der Waals surface area contributed by atoms with Crippen LogP contribution in [0.15, 0.2) is 146 Å². The topological polar surface area (TPSA) is 71.7 Å². The summed E-state index contributed by atoms with van der Waals surface area (Å²) in [5, 5.41) is 9.44. The minimum atomic E-state index is -0.301. The Hall–Kier alpha value is -6.38. The Morgan fingerprint density at radius 3 is 1.73 bits per heavy atom. The number of ether oxygens (including phenoxy) is 1. The number of aromatic nitrogens is 3. The van der Waals surface area contributed by atoms with Gasteiger partial charge in [0.2, 0.25) is 0 Å². The summed E-state index contributed by atoms with van der Waals surface area (Å²) >= 11 is 0. The van der Waals surface area contributed by atoms with Crippen molar-refractivity contribution in [2.45, 2.75) is 19.3 Å². The molecule has 0 bridgehead atoms. The third-order valence-electron chi connectivity index (χ3n) is 9.05. The Bertz CT molecular complexity index is 2340. The monoisotopic (exact) mass is 618 g/mol. The molecule has 0 atom stereocenters. The fourth-order valence-electron chi connectivity index (χ4n) is 6.44. The molecule has 228 valence electrons. The molecule has 1 aliphatic rings. The van der Waals surface area contributed by atoms with Crippen molar-refractivity contribution in [1.29, 1.82) is 5.26 Å². The Morgan fingerprint density at radius 1 is 0.479 bits per heavy atom. The number of nitriles is 1. The second-order valence-corrected chi connectivity index (χ2v) is 12.4. The lowest BCUT2D eigenvalue weighted by Crippen LogP contribution is -2.24. The molecule has 2 heterocycles. The van der Waals surface area contributed by atoms with Gasteiger partial charge in [-0.15, -0.1) is 0 Å². The number of fused-ring (bicyclic) bond motifs is 2. The molecule has 0 saturated heterocycles. The summed E-state index contributed by atoms with van der Waals surface area (Å²) in [6, 6.07) is 51.2. The highest BCUT2D eigenvalue weighted by Crippen LogP contribution is 2.49. The van der Waals surface area contributed by atoms with E-state index in [1.54, 1.807) is 6.07 Å². The minimum Gasteiger partial charge on any atom is -0.457 e. The first kappa shape index (κ1) is 29.1. The van der Waals surface area contributed by atoms with Crippen LogP contribution in [-0.2, 0) is 5.41 Å². The summed E-state index contributed by atoms with van der Waals surface area (Å²) in [4.78, 5) is 15.0. The van der Waals surface area contributed by atoms with E-state index in [-0.39, 0.29) is 5.41 Å². The van der Waals surface area contributed by atoms with E-state index in [9.17, 15) is 5.26 Å². The Morgan fingerprint density at radius 2 is 1.04 bits per heavy atom. The fourth-order valence-corrected chi connectivity index (χ4v) is 6.44. The summed E-state index contributed by atoms with van der Waals surface area (Å²) in [5.41, 5.74) is 9.49. The largest absolute Gasteiger partial charge is 0.457 e. The molecule has 0 unspecified atom stereocenters. The lowest BCUT2D eigenvalue weighted by molar-refractivity contribution is 0.418. The molecule has 0 spiro atoms. The highest BCUT2D eigenvalue weighted by atomic mass is 16.5. The van der Waals surface area contributed by atoms with Crippen molar-refractivity contribution in [3.05, 3.63) is 162 Å². The van der Waals surface area contributed by atoms with E-state index in [1.165, 1.54) is 0 Å². The van der Waals surface area contributed by atoms with Crippen LogP contribution >= 0.6 is 0 Å². The zero-order chi connectivity index (χ0) is 32.7. The first-order valence-corrected chi connectivity index (χ1v) is 15.9. The molecular formula is C43H30N4O. The van der Waals surface area contributed by atoms with Gasteiger partial charge in [-0.05, 0) is 46.5 Å². The molecule has 0 saturated carbocycles. The lowest BCUT2D eigenvalue weighted by atomic mass is 9.75. The van der Waals surface area contributed by atoms with Crippen molar-refractivity contribution >= 4 is 0 Å². The van der Waals surface area contributed by atoms with Gasteiger partial charge in [0.1, 0.15) is 11.5 Å². The van der Waals surface area contributed by atoms with Gasteiger partial charge in [-0.1, -0.05) is 135 Å². The summed E-state index contributed by atoms with van der Waals surface area (Å²) in [5.74, 6) is 3.47. The van der Waals surface area contributed by atoms with Crippen LogP contribution in [-0.4, -0.2) is 15.0 Å². The van der Waals surface area contributed by atoms with Crippen molar-refractivity contribution in [2.24, 2.45) is 0 Å². The van der Waals surface area contributed by atoms with Crippen molar-refractivity contribution in [3.8, 4) is 74.0 Å². The average Bonchev–Trinajstić information content (AvgIpc) is 3.15. The summed E-state index contributed by atoms with van der Waals surface area (Å²) < 4.78 is 6.38. The van der Waals surface area contributed by atoms with E-state index in [4.69, 9.17) is 19.7 Å². The van der Waals surface area contributed by atoms with Gasteiger partial charge in [0.15, 0.2) is 17.5 Å². The second-order valence-electron chi connectivity index (χ2n) is 12.4. The van der Waals surface area contributed by atoms with E-state index in [0.717, 1.165) is 61.6 Å². The molecule has 48 heavy (non-hydrogen) atoms.